The summed E-state index contributed by atoms with van der Waals surface area (Å²) in [5.74, 6) is 3.10. The van der Waals surface area contributed by atoms with Crippen molar-refractivity contribution < 1.29 is 9.53 Å². The third-order valence-corrected chi connectivity index (χ3v) is 5.37. The van der Waals surface area contributed by atoms with E-state index in [9.17, 15) is 4.79 Å². The Kier molecular flexibility index (Phi) is 5.65. The molecule has 3 heterocycles. The molecule has 1 aliphatic rings. The Balaban J connectivity index is 1.39. The minimum absolute atomic E-state index is 0.00238. The number of carbonyl (C=O) groups excluding carboxylic acids is 1. The molecule has 30 heavy (non-hydrogen) atoms. The van der Waals surface area contributed by atoms with E-state index in [2.05, 4.69) is 19.9 Å². The van der Waals surface area contributed by atoms with Crippen LogP contribution < -0.4 is 9.64 Å². The Morgan fingerprint density at radius 3 is 2.37 bits per heavy atom. The fourth-order valence-electron chi connectivity index (χ4n) is 3.49. The zero-order chi connectivity index (χ0) is 21.1. The van der Waals surface area contributed by atoms with E-state index in [0.29, 0.717) is 24.7 Å². The molecule has 0 atom stereocenters. The molecule has 156 valence electrons. The highest BCUT2D eigenvalue weighted by molar-refractivity contribution is 5.78. The van der Waals surface area contributed by atoms with Crippen LogP contribution in [0.15, 0.2) is 42.7 Å². The average Bonchev–Trinajstić information content (AvgIpc) is 3.11. The van der Waals surface area contributed by atoms with Gasteiger partial charge in [-0.25, -0.2) is 15.0 Å². The second-order valence-electron chi connectivity index (χ2n) is 7.39. The molecule has 0 aliphatic carbocycles. The summed E-state index contributed by atoms with van der Waals surface area (Å²) >= 11 is 0. The van der Waals surface area contributed by atoms with Crippen LogP contribution in [-0.2, 0) is 4.79 Å². The number of para-hydroxylation sites is 1. The van der Waals surface area contributed by atoms with Gasteiger partial charge < -0.3 is 14.5 Å². The molecule has 1 fully saturated rings. The van der Waals surface area contributed by atoms with Crippen LogP contribution in [0, 0.1) is 20.8 Å². The smallest absolute Gasteiger partial charge is 0.260 e. The average molecular weight is 406 g/mol. The Bertz CT molecular complexity index is 1030. The molecule has 0 unspecified atom stereocenters. The number of aromatic nitrogens is 4. The van der Waals surface area contributed by atoms with Crippen LogP contribution in [0.1, 0.15) is 17.2 Å². The number of imidazole rings is 1. The van der Waals surface area contributed by atoms with E-state index < -0.39 is 0 Å². The number of aryl methyl sites for hydroxylation is 2. The van der Waals surface area contributed by atoms with Gasteiger partial charge in [0.25, 0.3) is 5.91 Å². The zero-order valence-electron chi connectivity index (χ0n) is 17.6. The number of nitrogens with zero attached hydrogens (tertiary/aromatic N) is 6. The van der Waals surface area contributed by atoms with Crippen molar-refractivity contribution in [3.05, 3.63) is 59.9 Å². The van der Waals surface area contributed by atoms with Crippen molar-refractivity contribution in [1.29, 1.82) is 0 Å². The topological polar surface area (TPSA) is 76.4 Å². The molecule has 8 heteroatoms. The van der Waals surface area contributed by atoms with Gasteiger partial charge in [-0.3, -0.25) is 9.36 Å². The molecule has 4 rings (SSSR count). The number of benzene rings is 1. The second kappa shape index (κ2) is 8.52. The predicted molar refractivity (Wildman–Crippen MR) is 114 cm³/mol. The van der Waals surface area contributed by atoms with E-state index in [0.717, 1.165) is 36.1 Å². The standard InChI is InChI=1S/C22H26N6O2/c1-16-17(2)28(15-23-16)21-13-20(24-18(3)25-21)26-9-11-27(12-10-26)22(29)14-30-19-7-5-4-6-8-19/h4-8,13,15H,9-12,14H2,1-3H3. The number of piperazine rings is 1. The minimum atomic E-state index is 0.00238. The minimum Gasteiger partial charge on any atom is -0.484 e. The first-order chi connectivity index (χ1) is 14.5. The molecule has 0 spiro atoms. The monoisotopic (exact) mass is 406 g/mol. The van der Waals surface area contributed by atoms with E-state index >= 15 is 0 Å². The van der Waals surface area contributed by atoms with Crippen LogP contribution in [0.3, 0.4) is 0 Å². The van der Waals surface area contributed by atoms with Gasteiger partial charge >= 0.3 is 0 Å². The fraction of sp³-hybridized carbons (Fsp3) is 0.364. The van der Waals surface area contributed by atoms with Gasteiger partial charge in [-0.2, -0.15) is 0 Å². The molecule has 0 saturated carbocycles. The molecule has 1 aliphatic heterocycles. The van der Waals surface area contributed by atoms with E-state index in [1.807, 2.05) is 66.6 Å². The summed E-state index contributed by atoms with van der Waals surface area (Å²) in [5, 5.41) is 0. The zero-order valence-corrected chi connectivity index (χ0v) is 17.6. The number of amides is 1. The molecule has 0 radical (unpaired) electrons. The van der Waals surface area contributed by atoms with Crippen LogP contribution in [0.4, 0.5) is 5.82 Å². The van der Waals surface area contributed by atoms with Gasteiger partial charge in [-0.1, -0.05) is 18.2 Å². The largest absolute Gasteiger partial charge is 0.484 e. The number of hydrogen-bond acceptors (Lipinski definition) is 6. The second-order valence-corrected chi connectivity index (χ2v) is 7.39. The molecular weight excluding hydrogens is 380 g/mol. The van der Waals surface area contributed by atoms with Crippen LogP contribution >= 0.6 is 0 Å². The third kappa shape index (κ3) is 4.27. The third-order valence-electron chi connectivity index (χ3n) is 5.37. The summed E-state index contributed by atoms with van der Waals surface area (Å²) < 4.78 is 7.57. The van der Waals surface area contributed by atoms with E-state index in [4.69, 9.17) is 4.74 Å². The van der Waals surface area contributed by atoms with Gasteiger partial charge in [0.05, 0.1) is 5.69 Å². The highest BCUT2D eigenvalue weighted by atomic mass is 16.5. The van der Waals surface area contributed by atoms with Crippen molar-refractivity contribution >= 4 is 11.7 Å². The number of rotatable bonds is 5. The quantitative estimate of drug-likeness (QED) is 0.647. The molecule has 0 N–H and O–H groups in total. The van der Waals surface area contributed by atoms with Gasteiger partial charge in [0.1, 0.15) is 29.5 Å². The van der Waals surface area contributed by atoms with Crippen molar-refractivity contribution in [3.8, 4) is 11.6 Å². The van der Waals surface area contributed by atoms with Gasteiger partial charge in [-0.15, -0.1) is 0 Å². The van der Waals surface area contributed by atoms with Crippen molar-refractivity contribution in [2.45, 2.75) is 20.8 Å². The molecule has 3 aromatic rings. The lowest BCUT2D eigenvalue weighted by atomic mass is 10.3. The number of carbonyl (C=O) groups is 1. The van der Waals surface area contributed by atoms with Gasteiger partial charge in [0.15, 0.2) is 6.61 Å². The van der Waals surface area contributed by atoms with Crippen molar-refractivity contribution in [2.75, 3.05) is 37.7 Å². The summed E-state index contributed by atoms with van der Waals surface area (Å²) in [6.07, 6.45) is 1.79. The number of ether oxygens (including phenoxy) is 1. The molecular formula is C22H26N6O2. The summed E-state index contributed by atoms with van der Waals surface area (Å²) in [7, 11) is 0. The summed E-state index contributed by atoms with van der Waals surface area (Å²) in [6, 6.07) is 11.4. The normalized spacial score (nSPS) is 14.1. The lowest BCUT2D eigenvalue weighted by molar-refractivity contribution is -0.133. The summed E-state index contributed by atoms with van der Waals surface area (Å²) in [4.78, 5) is 30.1. The van der Waals surface area contributed by atoms with E-state index in [1.165, 1.54) is 0 Å². The van der Waals surface area contributed by atoms with Crippen LogP contribution in [0.5, 0.6) is 5.75 Å². The van der Waals surface area contributed by atoms with Crippen LogP contribution in [0.2, 0.25) is 0 Å². The van der Waals surface area contributed by atoms with Gasteiger partial charge in [-0.05, 0) is 32.9 Å². The van der Waals surface area contributed by atoms with Crippen LogP contribution in [0.25, 0.3) is 5.82 Å². The molecule has 1 saturated heterocycles. The molecule has 0 bridgehead atoms. The highest BCUT2D eigenvalue weighted by Gasteiger charge is 2.23. The molecule has 1 aromatic carbocycles. The molecule has 8 nitrogen and oxygen atoms in total. The van der Waals surface area contributed by atoms with E-state index in [1.54, 1.807) is 6.33 Å². The Hall–Kier alpha value is -3.42. The first-order valence-electron chi connectivity index (χ1n) is 10.1. The van der Waals surface area contributed by atoms with Crippen molar-refractivity contribution in [3.63, 3.8) is 0 Å². The van der Waals surface area contributed by atoms with Gasteiger partial charge in [0, 0.05) is 37.9 Å². The first-order valence-corrected chi connectivity index (χ1v) is 10.1. The van der Waals surface area contributed by atoms with Gasteiger partial charge in [0.2, 0.25) is 0 Å². The van der Waals surface area contributed by atoms with Crippen molar-refractivity contribution in [1.82, 2.24) is 24.4 Å². The maximum Gasteiger partial charge on any atom is 0.260 e. The summed E-state index contributed by atoms with van der Waals surface area (Å²) in [5.41, 5.74) is 2.05. The van der Waals surface area contributed by atoms with Crippen LogP contribution in [-0.4, -0.2) is 63.1 Å². The molecule has 2 aromatic heterocycles. The number of hydrogen-bond donors (Lipinski definition) is 0. The Morgan fingerprint density at radius 1 is 1.00 bits per heavy atom. The number of anilines is 1. The lowest BCUT2D eigenvalue weighted by Gasteiger charge is -2.35. The summed E-state index contributed by atoms with van der Waals surface area (Å²) in [6.45, 7) is 8.67. The SMILES string of the molecule is Cc1nc(N2CCN(C(=O)COc3ccccc3)CC2)cc(-n2cnc(C)c2C)n1. The highest BCUT2D eigenvalue weighted by Crippen LogP contribution is 2.19. The molecule has 1 amide bonds. The van der Waals surface area contributed by atoms with E-state index in [-0.39, 0.29) is 12.5 Å². The fourth-order valence-corrected chi connectivity index (χ4v) is 3.49. The Labute approximate surface area is 176 Å². The maximum absolute atomic E-state index is 12.5. The maximum atomic E-state index is 12.5. The Morgan fingerprint density at radius 2 is 1.70 bits per heavy atom. The first kappa shape index (κ1) is 19.9. The predicted octanol–water partition coefficient (Wildman–Crippen LogP) is 2.32. The van der Waals surface area contributed by atoms with Crippen molar-refractivity contribution in [2.24, 2.45) is 0 Å². The lowest BCUT2D eigenvalue weighted by Crippen LogP contribution is -2.50.